The number of carbonyl (C=O) groups excluding carboxylic acids is 1. The monoisotopic (exact) mass is 381 g/mol. The quantitative estimate of drug-likeness (QED) is 0.711. The van der Waals surface area contributed by atoms with Gasteiger partial charge in [0.15, 0.2) is 0 Å². The zero-order valence-electron chi connectivity index (χ0n) is 9.93. The number of hydrogen-bond acceptors (Lipinski definition) is 1. The van der Waals surface area contributed by atoms with Crippen molar-refractivity contribution in [1.82, 2.24) is 4.90 Å². The van der Waals surface area contributed by atoms with Crippen molar-refractivity contribution >= 4 is 49.4 Å². The van der Waals surface area contributed by atoms with Gasteiger partial charge in [0.1, 0.15) is 0 Å². The standard InChI is InChI=1S/C12H14Br2ClNO/c1-12(2,7-13)16(3)11(17)8-4-9(14)6-10(15)5-8/h4-6H,7H2,1-3H3. The van der Waals surface area contributed by atoms with Crippen molar-refractivity contribution in [1.29, 1.82) is 0 Å². The molecule has 0 atom stereocenters. The molecule has 0 aliphatic rings. The largest absolute Gasteiger partial charge is 0.336 e. The lowest BCUT2D eigenvalue weighted by molar-refractivity contribution is 0.0663. The first kappa shape index (κ1) is 15.0. The van der Waals surface area contributed by atoms with E-state index in [2.05, 4.69) is 31.9 Å². The lowest BCUT2D eigenvalue weighted by Gasteiger charge is -2.34. The second-order valence-corrected chi connectivity index (χ2v) is 6.38. The van der Waals surface area contributed by atoms with Crippen molar-refractivity contribution in [3.8, 4) is 0 Å². The molecule has 1 rings (SSSR count). The smallest absolute Gasteiger partial charge is 0.254 e. The zero-order valence-corrected chi connectivity index (χ0v) is 13.9. The first-order valence-electron chi connectivity index (χ1n) is 5.08. The number of rotatable bonds is 3. The van der Waals surface area contributed by atoms with Crippen LogP contribution >= 0.6 is 43.5 Å². The van der Waals surface area contributed by atoms with Crippen molar-refractivity contribution in [2.45, 2.75) is 19.4 Å². The number of halogens is 3. The van der Waals surface area contributed by atoms with Gasteiger partial charge in [0.25, 0.3) is 5.91 Å². The van der Waals surface area contributed by atoms with E-state index in [1.807, 2.05) is 13.8 Å². The third kappa shape index (κ3) is 3.70. The van der Waals surface area contributed by atoms with Crippen LogP contribution < -0.4 is 0 Å². The minimum Gasteiger partial charge on any atom is -0.336 e. The summed E-state index contributed by atoms with van der Waals surface area (Å²) in [4.78, 5) is 14.0. The van der Waals surface area contributed by atoms with Gasteiger partial charge in [-0.2, -0.15) is 0 Å². The molecule has 94 valence electrons. The molecule has 0 fully saturated rings. The summed E-state index contributed by atoms with van der Waals surface area (Å²) in [5.74, 6) is -0.0438. The first-order chi connectivity index (χ1) is 7.77. The number of nitrogens with zero attached hydrogens (tertiary/aromatic N) is 1. The Balaban J connectivity index is 3.04. The molecule has 1 amide bonds. The van der Waals surface area contributed by atoms with Gasteiger partial charge in [0.2, 0.25) is 0 Å². The molecule has 1 aromatic rings. The van der Waals surface area contributed by atoms with Crippen LogP contribution in [-0.2, 0) is 0 Å². The van der Waals surface area contributed by atoms with Gasteiger partial charge in [0.05, 0.1) is 0 Å². The molecular weight excluding hydrogens is 369 g/mol. The van der Waals surface area contributed by atoms with E-state index in [9.17, 15) is 4.79 Å². The van der Waals surface area contributed by atoms with Gasteiger partial charge < -0.3 is 4.90 Å². The van der Waals surface area contributed by atoms with Crippen LogP contribution in [0.2, 0.25) is 5.02 Å². The summed E-state index contributed by atoms with van der Waals surface area (Å²) in [5.41, 5.74) is 0.340. The van der Waals surface area contributed by atoms with Crippen LogP contribution in [0, 0.1) is 0 Å². The Hall–Kier alpha value is -0.0600. The highest BCUT2D eigenvalue weighted by atomic mass is 79.9. The van der Waals surface area contributed by atoms with Gasteiger partial charge in [-0.05, 0) is 32.0 Å². The number of amides is 1. The maximum atomic E-state index is 12.3. The maximum absolute atomic E-state index is 12.3. The van der Waals surface area contributed by atoms with Crippen molar-refractivity contribution < 1.29 is 4.79 Å². The molecule has 17 heavy (non-hydrogen) atoms. The van der Waals surface area contributed by atoms with Crippen LogP contribution in [0.4, 0.5) is 0 Å². The molecule has 0 aliphatic carbocycles. The third-order valence-electron chi connectivity index (χ3n) is 2.65. The maximum Gasteiger partial charge on any atom is 0.254 e. The number of hydrogen-bond donors (Lipinski definition) is 0. The van der Waals surface area contributed by atoms with Gasteiger partial charge in [-0.15, -0.1) is 0 Å². The van der Waals surface area contributed by atoms with Gasteiger partial charge in [-0.1, -0.05) is 43.5 Å². The van der Waals surface area contributed by atoms with E-state index in [0.717, 1.165) is 4.47 Å². The number of alkyl halides is 1. The van der Waals surface area contributed by atoms with E-state index in [0.29, 0.717) is 15.9 Å². The summed E-state index contributed by atoms with van der Waals surface area (Å²) in [6.45, 7) is 4.00. The lowest BCUT2D eigenvalue weighted by Crippen LogP contribution is -2.46. The molecule has 0 spiro atoms. The van der Waals surface area contributed by atoms with Crippen molar-refractivity contribution in [2.75, 3.05) is 12.4 Å². The molecule has 0 unspecified atom stereocenters. The molecule has 0 N–H and O–H groups in total. The molecule has 0 saturated carbocycles. The van der Waals surface area contributed by atoms with E-state index < -0.39 is 0 Å². The first-order valence-corrected chi connectivity index (χ1v) is 7.37. The minimum atomic E-state index is -0.244. The van der Waals surface area contributed by atoms with Crippen molar-refractivity contribution in [3.05, 3.63) is 33.3 Å². The van der Waals surface area contributed by atoms with Gasteiger partial charge in [-0.3, -0.25) is 4.79 Å². The second-order valence-electron chi connectivity index (χ2n) is 4.47. The molecule has 0 aromatic heterocycles. The summed E-state index contributed by atoms with van der Waals surface area (Å²) >= 11 is 12.7. The molecule has 2 nitrogen and oxygen atoms in total. The Morgan fingerprint density at radius 1 is 1.41 bits per heavy atom. The molecule has 5 heteroatoms. The van der Waals surface area contributed by atoms with Crippen LogP contribution in [-0.4, -0.2) is 28.7 Å². The Kier molecular flexibility index (Phi) is 5.05. The Labute approximate surface area is 124 Å². The topological polar surface area (TPSA) is 20.3 Å². The molecule has 0 saturated heterocycles. The van der Waals surface area contributed by atoms with Crippen LogP contribution in [0.3, 0.4) is 0 Å². The summed E-state index contributed by atoms with van der Waals surface area (Å²) in [5, 5.41) is 1.26. The molecule has 1 aromatic carbocycles. The lowest BCUT2D eigenvalue weighted by atomic mass is 10.1. The van der Waals surface area contributed by atoms with Crippen LogP contribution in [0.1, 0.15) is 24.2 Å². The SMILES string of the molecule is CN(C(=O)c1cc(Cl)cc(Br)c1)C(C)(C)CBr. The number of benzene rings is 1. The summed E-state index contributed by atoms with van der Waals surface area (Å²) < 4.78 is 0.804. The molecule has 0 aliphatic heterocycles. The highest BCUT2D eigenvalue weighted by Gasteiger charge is 2.27. The Morgan fingerprint density at radius 2 is 2.00 bits per heavy atom. The Morgan fingerprint density at radius 3 is 2.47 bits per heavy atom. The van der Waals surface area contributed by atoms with Crippen LogP contribution in [0.15, 0.2) is 22.7 Å². The summed E-state index contributed by atoms with van der Waals surface area (Å²) in [7, 11) is 1.79. The molecular formula is C12H14Br2ClNO. The van der Waals surface area contributed by atoms with E-state index in [1.54, 1.807) is 30.1 Å². The second kappa shape index (κ2) is 5.72. The molecule has 0 radical (unpaired) electrons. The van der Waals surface area contributed by atoms with Crippen molar-refractivity contribution in [3.63, 3.8) is 0 Å². The zero-order chi connectivity index (χ0) is 13.2. The Bertz CT molecular complexity index is 414. The summed E-state index contributed by atoms with van der Waals surface area (Å²) in [6.07, 6.45) is 0. The van der Waals surface area contributed by atoms with Gasteiger partial charge in [-0.25, -0.2) is 0 Å². The van der Waals surface area contributed by atoms with E-state index in [-0.39, 0.29) is 11.4 Å². The van der Waals surface area contributed by atoms with E-state index >= 15 is 0 Å². The number of carbonyl (C=O) groups is 1. The predicted octanol–water partition coefficient (Wildman–Crippen LogP) is 4.35. The fourth-order valence-electron chi connectivity index (χ4n) is 1.24. The van der Waals surface area contributed by atoms with E-state index in [4.69, 9.17) is 11.6 Å². The minimum absolute atomic E-state index is 0.0438. The van der Waals surface area contributed by atoms with Gasteiger partial charge in [0, 0.05) is 33.0 Å². The summed E-state index contributed by atoms with van der Waals surface area (Å²) in [6, 6.07) is 5.21. The normalized spacial score (nSPS) is 11.4. The molecule has 0 heterocycles. The van der Waals surface area contributed by atoms with E-state index in [1.165, 1.54) is 0 Å². The van der Waals surface area contributed by atoms with Crippen molar-refractivity contribution in [2.24, 2.45) is 0 Å². The third-order valence-corrected chi connectivity index (χ3v) is 4.70. The fourth-order valence-corrected chi connectivity index (χ4v) is 2.47. The fraction of sp³-hybridized carbons (Fsp3) is 0.417. The van der Waals surface area contributed by atoms with Crippen LogP contribution in [0.25, 0.3) is 0 Å². The average Bonchev–Trinajstić information content (AvgIpc) is 2.25. The molecule has 0 bridgehead atoms. The highest BCUT2D eigenvalue weighted by molar-refractivity contribution is 9.10. The highest BCUT2D eigenvalue weighted by Crippen LogP contribution is 2.23. The predicted molar refractivity (Wildman–Crippen MR) is 79.1 cm³/mol. The average molecular weight is 384 g/mol. The van der Waals surface area contributed by atoms with Gasteiger partial charge >= 0.3 is 0 Å². The van der Waals surface area contributed by atoms with Crippen LogP contribution in [0.5, 0.6) is 0 Å².